The van der Waals surface area contributed by atoms with Crippen LogP contribution in [0.4, 0.5) is 4.79 Å². The minimum absolute atomic E-state index is 0.0392. The van der Waals surface area contributed by atoms with Gasteiger partial charge in [0.1, 0.15) is 13.2 Å². The van der Waals surface area contributed by atoms with E-state index in [4.69, 9.17) is 44.4 Å². The van der Waals surface area contributed by atoms with E-state index < -0.39 is 13.8 Å². The third-order valence-electron chi connectivity index (χ3n) is 7.30. The van der Waals surface area contributed by atoms with Gasteiger partial charge in [0, 0.05) is 25.2 Å². The number of isocyanates is 1. The molecule has 0 saturated carbocycles. The van der Waals surface area contributed by atoms with Gasteiger partial charge in [0.05, 0.1) is 11.8 Å². The van der Waals surface area contributed by atoms with Crippen LogP contribution < -0.4 is 0 Å². The highest BCUT2D eigenvalue weighted by molar-refractivity contribution is 7.89. The Balaban J connectivity index is 1.28. The average Bonchev–Trinajstić information content (AvgIpc) is 3.16. The summed E-state index contributed by atoms with van der Waals surface area (Å²) in [7, 11) is -3.53. The van der Waals surface area contributed by atoms with Gasteiger partial charge in [-0.15, -0.1) is 0 Å². The zero-order valence-electron chi connectivity index (χ0n) is 20.8. The van der Waals surface area contributed by atoms with E-state index in [0.29, 0.717) is 38.8 Å². The van der Waals surface area contributed by atoms with Crippen LogP contribution in [0.15, 0.2) is 35.4 Å². The van der Waals surface area contributed by atoms with Crippen molar-refractivity contribution in [2.45, 2.75) is 67.0 Å². The van der Waals surface area contributed by atoms with Gasteiger partial charge in [0.2, 0.25) is 13.8 Å². The van der Waals surface area contributed by atoms with Crippen LogP contribution in [0.2, 0.25) is 0 Å². The Morgan fingerprint density at radius 2 is 1.71 bits per heavy atom. The van der Waals surface area contributed by atoms with Crippen molar-refractivity contribution in [1.29, 1.82) is 0 Å². The van der Waals surface area contributed by atoms with Gasteiger partial charge >= 0.3 is 6.09 Å². The SMILES string of the molecule is O=C=NN(OCC(Cl)(Cl)Cl)C1CC2CCC(C1)N2S(=O)(=O)CC1CCN(C(=O)OCc2ccccc2)CC1. The van der Waals surface area contributed by atoms with Crippen LogP contribution in [0.5, 0.6) is 0 Å². The molecule has 4 rings (SSSR count). The summed E-state index contributed by atoms with van der Waals surface area (Å²) >= 11 is 17.3. The summed E-state index contributed by atoms with van der Waals surface area (Å²) in [5.74, 6) is -0.00330. The predicted octanol–water partition coefficient (Wildman–Crippen LogP) is 4.22. The Labute approximate surface area is 237 Å². The number of piperidine rings is 2. The van der Waals surface area contributed by atoms with E-state index in [1.807, 2.05) is 30.3 Å². The van der Waals surface area contributed by atoms with Crippen LogP contribution in [0, 0.1) is 5.92 Å². The number of amides is 1. The smallest absolute Gasteiger partial charge is 0.410 e. The summed E-state index contributed by atoms with van der Waals surface area (Å²) in [5, 5.41) is 4.69. The zero-order chi connectivity index (χ0) is 27.3. The van der Waals surface area contributed by atoms with Gasteiger partial charge in [-0.2, -0.15) is 9.48 Å². The van der Waals surface area contributed by atoms with Crippen LogP contribution in [-0.2, 0) is 31.0 Å². The maximum Gasteiger partial charge on any atom is 0.410 e. The first-order valence-corrected chi connectivity index (χ1v) is 15.3. The second-order valence-electron chi connectivity index (χ2n) is 9.97. The van der Waals surface area contributed by atoms with Crippen molar-refractivity contribution in [2.24, 2.45) is 11.0 Å². The number of hydrazone groups is 1. The van der Waals surface area contributed by atoms with E-state index in [0.717, 1.165) is 23.6 Å². The third-order valence-corrected chi connectivity index (χ3v) is 9.76. The highest BCUT2D eigenvalue weighted by atomic mass is 35.6. The van der Waals surface area contributed by atoms with Crippen molar-refractivity contribution in [2.75, 3.05) is 25.4 Å². The average molecular weight is 610 g/mol. The molecule has 1 aromatic carbocycles. The molecular formula is C24H31Cl3N4O6S. The second-order valence-corrected chi connectivity index (χ2v) is 14.4. The van der Waals surface area contributed by atoms with Crippen LogP contribution in [-0.4, -0.2) is 82.3 Å². The topological polar surface area (TPSA) is 109 Å². The lowest BCUT2D eigenvalue weighted by molar-refractivity contribution is -0.195. The lowest BCUT2D eigenvalue weighted by Crippen LogP contribution is -2.53. The molecule has 1 amide bonds. The molecule has 3 heterocycles. The van der Waals surface area contributed by atoms with E-state index in [9.17, 15) is 18.0 Å². The number of carbonyl (C=O) groups excluding carboxylic acids is 2. The molecule has 210 valence electrons. The Kier molecular flexibility index (Phi) is 9.84. The first kappa shape index (κ1) is 29.4. The fourth-order valence-electron chi connectivity index (χ4n) is 5.61. The monoisotopic (exact) mass is 608 g/mol. The van der Waals surface area contributed by atoms with E-state index in [1.54, 1.807) is 9.21 Å². The number of ether oxygens (including phenoxy) is 1. The first-order chi connectivity index (χ1) is 18.1. The van der Waals surface area contributed by atoms with E-state index in [2.05, 4.69) is 5.10 Å². The standard InChI is InChI=1S/C24H31Cl3N4O6S/c25-24(26,27)16-37-31(28-17-32)22-12-20-6-7-21(13-22)30(20)38(34,35)15-19-8-10-29(11-9-19)23(33)36-14-18-4-2-1-3-5-18/h1-5,19-22H,6-16H2. The Morgan fingerprint density at radius 3 is 2.29 bits per heavy atom. The highest BCUT2D eigenvalue weighted by Crippen LogP contribution is 2.41. The lowest BCUT2D eigenvalue weighted by Gasteiger charge is -2.41. The number of hydrogen-bond donors (Lipinski definition) is 0. The quantitative estimate of drug-likeness (QED) is 0.179. The van der Waals surface area contributed by atoms with Crippen LogP contribution in [0.1, 0.15) is 44.1 Å². The van der Waals surface area contributed by atoms with Crippen molar-refractivity contribution < 1.29 is 27.6 Å². The predicted molar refractivity (Wildman–Crippen MR) is 143 cm³/mol. The largest absolute Gasteiger partial charge is 0.445 e. The summed E-state index contributed by atoms with van der Waals surface area (Å²) < 4.78 is 32.3. The number of sulfonamides is 1. The molecule has 0 aromatic heterocycles. The van der Waals surface area contributed by atoms with Gasteiger partial charge in [-0.25, -0.2) is 18.0 Å². The van der Waals surface area contributed by atoms with E-state index >= 15 is 0 Å². The van der Waals surface area contributed by atoms with Gasteiger partial charge in [0.25, 0.3) is 6.08 Å². The lowest BCUT2D eigenvalue weighted by atomic mass is 9.99. The fourth-order valence-corrected chi connectivity index (χ4v) is 8.15. The number of fused-ring (bicyclic) bond motifs is 2. The summed E-state index contributed by atoms with van der Waals surface area (Å²) in [6.45, 7) is 0.816. The molecule has 3 aliphatic heterocycles. The normalized spacial score (nSPS) is 24.6. The summed E-state index contributed by atoms with van der Waals surface area (Å²) in [5.41, 5.74) is 0.915. The zero-order valence-corrected chi connectivity index (χ0v) is 23.8. The van der Waals surface area contributed by atoms with Crippen molar-refractivity contribution >= 4 is 57.0 Å². The van der Waals surface area contributed by atoms with Crippen molar-refractivity contribution in [3.63, 3.8) is 0 Å². The number of rotatable bonds is 9. The van der Waals surface area contributed by atoms with Crippen molar-refractivity contribution in [1.82, 2.24) is 14.4 Å². The third kappa shape index (κ3) is 7.75. The van der Waals surface area contributed by atoms with Crippen molar-refractivity contribution in [3.8, 4) is 0 Å². The number of likely N-dealkylation sites (tertiary alicyclic amines) is 1. The molecule has 2 atom stereocenters. The minimum atomic E-state index is -3.53. The van der Waals surface area contributed by atoms with Crippen LogP contribution in [0.3, 0.4) is 0 Å². The maximum absolute atomic E-state index is 13.5. The molecule has 14 heteroatoms. The van der Waals surface area contributed by atoms with E-state index in [1.165, 1.54) is 6.08 Å². The molecule has 3 fully saturated rings. The molecule has 3 aliphatic rings. The molecule has 0 N–H and O–H groups in total. The molecule has 2 unspecified atom stereocenters. The summed E-state index contributed by atoms with van der Waals surface area (Å²) in [6.07, 6.45) is 4.57. The number of hydroxylamine groups is 1. The molecule has 0 spiro atoms. The highest BCUT2D eigenvalue weighted by Gasteiger charge is 2.49. The van der Waals surface area contributed by atoms with Crippen LogP contribution >= 0.6 is 34.8 Å². The van der Waals surface area contributed by atoms with E-state index in [-0.39, 0.29) is 49.1 Å². The molecular weight excluding hydrogens is 579 g/mol. The number of alkyl halides is 3. The van der Waals surface area contributed by atoms with Gasteiger partial charge in [-0.1, -0.05) is 70.2 Å². The number of nitrogens with zero attached hydrogens (tertiary/aromatic N) is 4. The minimum Gasteiger partial charge on any atom is -0.445 e. The Bertz CT molecular complexity index is 1090. The number of benzene rings is 1. The van der Waals surface area contributed by atoms with Gasteiger partial charge in [-0.3, -0.25) is 4.84 Å². The van der Waals surface area contributed by atoms with Crippen molar-refractivity contribution in [3.05, 3.63) is 35.9 Å². The fraction of sp³-hybridized carbons (Fsp3) is 0.667. The summed E-state index contributed by atoms with van der Waals surface area (Å²) in [6, 6.07) is 8.68. The molecule has 3 saturated heterocycles. The second kappa shape index (κ2) is 12.7. The van der Waals surface area contributed by atoms with Gasteiger partial charge in [0.15, 0.2) is 0 Å². The molecule has 0 radical (unpaired) electrons. The Hall–Kier alpha value is -1.59. The number of hydrogen-bond acceptors (Lipinski definition) is 8. The number of carbonyl (C=O) groups is 1. The molecule has 1 aromatic rings. The maximum atomic E-state index is 13.5. The molecule has 10 nitrogen and oxygen atoms in total. The molecule has 0 aliphatic carbocycles. The Morgan fingerprint density at radius 1 is 1.08 bits per heavy atom. The first-order valence-electron chi connectivity index (χ1n) is 12.6. The molecule has 38 heavy (non-hydrogen) atoms. The number of halogens is 3. The van der Waals surface area contributed by atoms with Crippen LogP contribution in [0.25, 0.3) is 0 Å². The summed E-state index contributed by atoms with van der Waals surface area (Å²) in [4.78, 5) is 30.4. The van der Waals surface area contributed by atoms with Gasteiger partial charge in [-0.05, 0) is 50.0 Å². The molecule has 2 bridgehead atoms. The van der Waals surface area contributed by atoms with Gasteiger partial charge < -0.3 is 9.64 Å².